The molecule has 0 aliphatic carbocycles. The summed E-state index contributed by atoms with van der Waals surface area (Å²) in [5, 5.41) is 43.9. The van der Waals surface area contributed by atoms with Crippen molar-refractivity contribution in [3.05, 3.63) is 0 Å². The molecule has 0 aromatic heterocycles. The Morgan fingerprint density at radius 3 is 1.85 bits per heavy atom. The van der Waals surface area contributed by atoms with Crippen molar-refractivity contribution in [1.29, 1.82) is 0 Å². The van der Waals surface area contributed by atoms with E-state index < -0.39 is 36.3 Å². The van der Waals surface area contributed by atoms with Crippen molar-refractivity contribution in [1.82, 2.24) is 0 Å². The Kier molecular flexibility index (Phi) is 5.86. The van der Waals surface area contributed by atoms with Crippen LogP contribution >= 0.6 is 12.6 Å². The highest BCUT2D eigenvalue weighted by Gasteiger charge is 2.31. The molecule has 1 unspecified atom stereocenters. The Bertz CT molecular complexity index is 143. The average molecular weight is 212 g/mol. The van der Waals surface area contributed by atoms with Crippen LogP contribution < -0.4 is 0 Å². The predicted octanol–water partition coefficient (Wildman–Crippen LogP) is -2.26. The lowest BCUT2D eigenvalue weighted by Crippen LogP contribution is -2.46. The minimum absolute atomic E-state index is 0.620. The molecule has 5 N–H and O–H groups in total. The first kappa shape index (κ1) is 13.2. The highest BCUT2D eigenvalue weighted by molar-refractivity contribution is 7.81. The zero-order valence-electron chi connectivity index (χ0n) is 7.28. The van der Waals surface area contributed by atoms with Crippen molar-refractivity contribution >= 4 is 12.6 Å². The SMILES string of the molecule is CC(O)[C@@H](O)[C@H](S)[C@H](O)[C@H](O)CO. The van der Waals surface area contributed by atoms with E-state index in [1.54, 1.807) is 0 Å². The number of aliphatic hydroxyl groups excluding tert-OH is 5. The van der Waals surface area contributed by atoms with E-state index in [4.69, 9.17) is 15.3 Å². The van der Waals surface area contributed by atoms with Crippen molar-refractivity contribution in [2.24, 2.45) is 0 Å². The van der Waals surface area contributed by atoms with E-state index in [1.165, 1.54) is 6.92 Å². The standard InChI is InChI=1S/C7H16O5S/c1-3(9)5(11)7(13)6(12)4(10)2-8/h3-13H,2H2,1H3/t3?,4-,5-,6-,7+/m1/s1. The minimum Gasteiger partial charge on any atom is -0.394 e. The van der Waals surface area contributed by atoms with E-state index in [0.717, 1.165) is 0 Å². The van der Waals surface area contributed by atoms with Crippen LogP contribution in [0.2, 0.25) is 0 Å². The third kappa shape index (κ3) is 3.80. The summed E-state index contributed by atoms with van der Waals surface area (Å²) in [6.07, 6.45) is -5.04. The summed E-state index contributed by atoms with van der Waals surface area (Å²) < 4.78 is 0. The molecule has 0 aliphatic rings. The van der Waals surface area contributed by atoms with E-state index >= 15 is 0 Å². The van der Waals surface area contributed by atoms with Gasteiger partial charge in [0.1, 0.15) is 6.10 Å². The van der Waals surface area contributed by atoms with Crippen molar-refractivity contribution in [3.8, 4) is 0 Å². The molecule has 5 nitrogen and oxygen atoms in total. The van der Waals surface area contributed by atoms with Gasteiger partial charge >= 0.3 is 0 Å². The molecule has 0 spiro atoms. The van der Waals surface area contributed by atoms with Crippen LogP contribution in [0.25, 0.3) is 0 Å². The van der Waals surface area contributed by atoms with E-state index in [-0.39, 0.29) is 0 Å². The van der Waals surface area contributed by atoms with Crippen LogP contribution in [0.1, 0.15) is 6.92 Å². The molecule has 5 atom stereocenters. The molecule has 0 fully saturated rings. The molecule has 0 amide bonds. The molecule has 13 heavy (non-hydrogen) atoms. The van der Waals surface area contributed by atoms with Crippen LogP contribution in [-0.2, 0) is 0 Å². The number of hydrogen-bond acceptors (Lipinski definition) is 6. The van der Waals surface area contributed by atoms with Gasteiger partial charge in [0.15, 0.2) is 0 Å². The largest absolute Gasteiger partial charge is 0.394 e. The topological polar surface area (TPSA) is 101 Å². The second kappa shape index (κ2) is 5.79. The van der Waals surface area contributed by atoms with Crippen molar-refractivity contribution in [2.75, 3.05) is 6.61 Å². The molecule has 6 heteroatoms. The third-order valence-electron chi connectivity index (χ3n) is 1.78. The van der Waals surface area contributed by atoms with Crippen LogP contribution in [0.3, 0.4) is 0 Å². The van der Waals surface area contributed by atoms with Gasteiger partial charge in [0.2, 0.25) is 0 Å². The maximum Gasteiger partial charge on any atom is 0.104 e. The maximum absolute atomic E-state index is 9.25. The van der Waals surface area contributed by atoms with Gasteiger partial charge in [-0.25, -0.2) is 0 Å². The first-order chi connectivity index (χ1) is 5.91. The normalized spacial score (nSPS) is 23.3. The van der Waals surface area contributed by atoms with Gasteiger partial charge in [-0.05, 0) is 6.92 Å². The molecule has 0 saturated heterocycles. The van der Waals surface area contributed by atoms with Gasteiger partial charge in [-0.1, -0.05) is 0 Å². The molecular weight excluding hydrogens is 196 g/mol. The van der Waals surface area contributed by atoms with Crippen molar-refractivity contribution in [2.45, 2.75) is 36.6 Å². The molecule has 0 aromatic carbocycles. The fourth-order valence-electron chi connectivity index (χ4n) is 0.823. The molecule has 0 saturated carbocycles. The van der Waals surface area contributed by atoms with E-state index in [0.29, 0.717) is 0 Å². The van der Waals surface area contributed by atoms with Crippen LogP contribution in [0.5, 0.6) is 0 Å². The Labute approximate surface area is 82.1 Å². The van der Waals surface area contributed by atoms with E-state index in [9.17, 15) is 10.2 Å². The van der Waals surface area contributed by atoms with Gasteiger partial charge < -0.3 is 25.5 Å². The lowest BCUT2D eigenvalue weighted by molar-refractivity contribution is -0.0517. The summed E-state index contributed by atoms with van der Waals surface area (Å²) in [4.78, 5) is 0. The number of rotatable bonds is 5. The Hall–Kier alpha value is 0.150. The Morgan fingerprint density at radius 2 is 1.54 bits per heavy atom. The molecule has 0 rings (SSSR count). The first-order valence-corrected chi connectivity index (χ1v) is 4.44. The minimum atomic E-state index is -1.38. The highest BCUT2D eigenvalue weighted by atomic mass is 32.1. The van der Waals surface area contributed by atoms with Gasteiger partial charge in [-0.2, -0.15) is 12.6 Å². The summed E-state index contributed by atoms with van der Waals surface area (Å²) >= 11 is 3.82. The lowest BCUT2D eigenvalue weighted by Gasteiger charge is -2.27. The molecule has 0 aliphatic heterocycles. The summed E-state index contributed by atoms with van der Waals surface area (Å²) in [7, 11) is 0. The zero-order chi connectivity index (χ0) is 10.6. The van der Waals surface area contributed by atoms with Crippen molar-refractivity contribution in [3.63, 3.8) is 0 Å². The van der Waals surface area contributed by atoms with Crippen LogP contribution in [0, 0.1) is 0 Å². The maximum atomic E-state index is 9.25. The molecule has 0 bridgehead atoms. The molecule has 0 radical (unpaired) electrons. The van der Waals surface area contributed by atoms with Crippen LogP contribution in [-0.4, -0.2) is 61.8 Å². The molecule has 0 aromatic rings. The summed E-state index contributed by atoms with van der Waals surface area (Å²) in [6, 6.07) is 0. The van der Waals surface area contributed by atoms with E-state index in [1.807, 2.05) is 0 Å². The first-order valence-electron chi connectivity index (χ1n) is 3.93. The monoisotopic (exact) mass is 212 g/mol. The second-order valence-electron chi connectivity index (χ2n) is 2.96. The van der Waals surface area contributed by atoms with Gasteiger partial charge in [0.25, 0.3) is 0 Å². The predicted molar refractivity (Wildman–Crippen MR) is 49.6 cm³/mol. The van der Waals surface area contributed by atoms with Gasteiger partial charge in [-0.15, -0.1) is 0 Å². The third-order valence-corrected chi connectivity index (χ3v) is 2.39. The van der Waals surface area contributed by atoms with E-state index in [2.05, 4.69) is 12.6 Å². The van der Waals surface area contributed by atoms with Gasteiger partial charge in [0.05, 0.1) is 30.2 Å². The number of hydrogen-bond donors (Lipinski definition) is 6. The number of aliphatic hydroxyl groups is 5. The average Bonchev–Trinajstić information content (AvgIpc) is 2.12. The molecular formula is C7H16O5S. The lowest BCUT2D eigenvalue weighted by atomic mass is 10.0. The van der Waals surface area contributed by atoms with Crippen LogP contribution in [0.4, 0.5) is 0 Å². The molecule has 0 heterocycles. The fraction of sp³-hybridized carbons (Fsp3) is 1.00. The summed E-state index contributed by atoms with van der Waals surface area (Å²) in [5.74, 6) is 0. The highest BCUT2D eigenvalue weighted by Crippen LogP contribution is 2.13. The van der Waals surface area contributed by atoms with Gasteiger partial charge in [-0.3, -0.25) is 0 Å². The van der Waals surface area contributed by atoms with Crippen LogP contribution in [0.15, 0.2) is 0 Å². The van der Waals surface area contributed by atoms with Crippen molar-refractivity contribution < 1.29 is 25.5 Å². The zero-order valence-corrected chi connectivity index (χ0v) is 8.17. The molecule has 80 valence electrons. The summed E-state index contributed by atoms with van der Waals surface area (Å²) in [5.41, 5.74) is 0. The second-order valence-corrected chi connectivity index (χ2v) is 3.56. The van der Waals surface area contributed by atoms with Gasteiger partial charge in [0, 0.05) is 0 Å². The Morgan fingerprint density at radius 1 is 1.08 bits per heavy atom. The number of thiol groups is 1. The summed E-state index contributed by atoms with van der Waals surface area (Å²) in [6.45, 7) is 0.719. The smallest absolute Gasteiger partial charge is 0.104 e. The quantitative estimate of drug-likeness (QED) is 0.289. The fourth-order valence-corrected chi connectivity index (χ4v) is 1.27. The Balaban J connectivity index is 4.15.